The Morgan fingerprint density at radius 1 is 1.29 bits per heavy atom. The molecule has 2 amide bonds. The highest BCUT2D eigenvalue weighted by molar-refractivity contribution is 5.94. The smallest absolute Gasteiger partial charge is 0.354 e. The molecule has 1 saturated heterocycles. The molecule has 0 aliphatic carbocycles. The number of anilines is 1. The normalized spacial score (nSPS) is 15.4. The van der Waals surface area contributed by atoms with Gasteiger partial charge in [0.25, 0.3) is 0 Å². The highest BCUT2D eigenvalue weighted by atomic mass is 16.4. The molecule has 0 bridgehead atoms. The van der Waals surface area contributed by atoms with Gasteiger partial charge in [-0.3, -0.25) is 9.59 Å². The Bertz CT molecular complexity index is 559. The van der Waals surface area contributed by atoms with Crippen molar-refractivity contribution >= 4 is 23.6 Å². The molecule has 0 saturated carbocycles. The summed E-state index contributed by atoms with van der Waals surface area (Å²) in [6.07, 6.45) is 3.22. The van der Waals surface area contributed by atoms with E-state index in [1.165, 1.54) is 23.1 Å². The van der Waals surface area contributed by atoms with E-state index in [1.54, 1.807) is 0 Å². The zero-order valence-corrected chi connectivity index (χ0v) is 11.5. The number of aromatic nitrogens is 1. The predicted octanol–water partition coefficient (Wildman–Crippen LogP) is 1.12. The number of carbonyl (C=O) groups excluding carboxylic acids is 2. The number of carbonyl (C=O) groups is 3. The van der Waals surface area contributed by atoms with Crippen molar-refractivity contribution in [2.45, 2.75) is 25.7 Å². The van der Waals surface area contributed by atoms with Gasteiger partial charge in [-0.2, -0.15) is 0 Å². The lowest BCUT2D eigenvalue weighted by Crippen LogP contribution is -2.37. The van der Waals surface area contributed by atoms with Crippen LogP contribution in [0, 0.1) is 0 Å². The second-order valence-corrected chi connectivity index (χ2v) is 4.89. The van der Waals surface area contributed by atoms with Crippen molar-refractivity contribution in [3.63, 3.8) is 0 Å². The van der Waals surface area contributed by atoms with Crippen molar-refractivity contribution in [2.24, 2.45) is 0 Å². The fourth-order valence-corrected chi connectivity index (χ4v) is 2.18. The third-order valence-corrected chi connectivity index (χ3v) is 3.24. The molecule has 2 heterocycles. The van der Waals surface area contributed by atoms with Crippen LogP contribution in [-0.2, 0) is 9.59 Å². The summed E-state index contributed by atoms with van der Waals surface area (Å²) in [7, 11) is 0. The highest BCUT2D eigenvalue weighted by Crippen LogP contribution is 2.11. The zero-order valence-electron chi connectivity index (χ0n) is 11.5. The van der Waals surface area contributed by atoms with Crippen LogP contribution in [0.4, 0.5) is 5.82 Å². The quantitative estimate of drug-likeness (QED) is 0.866. The SMILES string of the molecule is O=C(CN1CCCCCC1=O)Nc1cccc(C(=O)O)n1. The maximum absolute atomic E-state index is 11.9. The minimum Gasteiger partial charge on any atom is -0.477 e. The lowest BCUT2D eigenvalue weighted by atomic mass is 10.2. The van der Waals surface area contributed by atoms with E-state index in [-0.39, 0.29) is 29.9 Å². The zero-order chi connectivity index (χ0) is 15.2. The number of pyridine rings is 1. The van der Waals surface area contributed by atoms with E-state index in [2.05, 4.69) is 10.3 Å². The molecule has 0 atom stereocenters. The van der Waals surface area contributed by atoms with E-state index in [9.17, 15) is 14.4 Å². The number of hydrogen-bond donors (Lipinski definition) is 2. The third kappa shape index (κ3) is 4.27. The summed E-state index contributed by atoms with van der Waals surface area (Å²) in [5.74, 6) is -1.38. The van der Waals surface area contributed by atoms with Crippen LogP contribution in [0.25, 0.3) is 0 Å². The van der Waals surface area contributed by atoms with E-state index in [4.69, 9.17) is 5.11 Å². The van der Waals surface area contributed by atoms with E-state index in [0.717, 1.165) is 19.3 Å². The van der Waals surface area contributed by atoms with Crippen molar-refractivity contribution < 1.29 is 19.5 Å². The minimum absolute atomic E-state index is 0.0186. The maximum atomic E-state index is 11.9. The monoisotopic (exact) mass is 291 g/mol. The van der Waals surface area contributed by atoms with Crippen molar-refractivity contribution in [1.29, 1.82) is 0 Å². The molecule has 0 unspecified atom stereocenters. The number of amides is 2. The molecule has 0 spiro atoms. The number of hydrogen-bond acceptors (Lipinski definition) is 4. The standard InChI is InChI=1S/C14H17N3O4/c18-12(9-17-8-3-1-2-7-13(17)19)16-11-6-4-5-10(15-11)14(20)21/h4-6H,1-3,7-9H2,(H,20,21)(H,15,16,18). The van der Waals surface area contributed by atoms with E-state index in [1.807, 2.05) is 0 Å². The van der Waals surface area contributed by atoms with Crippen LogP contribution in [0.3, 0.4) is 0 Å². The average molecular weight is 291 g/mol. The third-order valence-electron chi connectivity index (χ3n) is 3.24. The van der Waals surface area contributed by atoms with Gasteiger partial charge in [-0.1, -0.05) is 12.5 Å². The van der Waals surface area contributed by atoms with Crippen LogP contribution in [0.2, 0.25) is 0 Å². The fraction of sp³-hybridized carbons (Fsp3) is 0.429. The predicted molar refractivity (Wildman–Crippen MR) is 74.9 cm³/mol. The summed E-state index contributed by atoms with van der Waals surface area (Å²) in [6.45, 7) is 0.548. The lowest BCUT2D eigenvalue weighted by molar-refractivity contribution is -0.134. The first-order valence-corrected chi connectivity index (χ1v) is 6.84. The van der Waals surface area contributed by atoms with Crippen LogP contribution < -0.4 is 5.32 Å². The lowest BCUT2D eigenvalue weighted by Gasteiger charge is -2.19. The minimum atomic E-state index is -1.16. The Labute approximate surface area is 122 Å². The molecule has 1 aromatic rings. The molecule has 0 radical (unpaired) electrons. The first kappa shape index (κ1) is 15.0. The number of likely N-dealkylation sites (tertiary alicyclic amines) is 1. The van der Waals surface area contributed by atoms with E-state index < -0.39 is 5.97 Å². The number of carboxylic acid groups (broad SMARTS) is 1. The van der Waals surface area contributed by atoms with Crippen LogP contribution in [0.1, 0.15) is 36.2 Å². The van der Waals surface area contributed by atoms with Crippen molar-refractivity contribution in [3.05, 3.63) is 23.9 Å². The molecule has 21 heavy (non-hydrogen) atoms. The molecular weight excluding hydrogens is 274 g/mol. The van der Waals surface area contributed by atoms with Gasteiger partial charge in [0.15, 0.2) is 5.69 Å². The van der Waals surface area contributed by atoms with Gasteiger partial charge in [0, 0.05) is 13.0 Å². The molecule has 1 fully saturated rings. The fourth-order valence-electron chi connectivity index (χ4n) is 2.18. The van der Waals surface area contributed by atoms with Crippen LogP contribution in [0.5, 0.6) is 0 Å². The number of carboxylic acids is 1. The van der Waals surface area contributed by atoms with Gasteiger partial charge >= 0.3 is 5.97 Å². The van der Waals surface area contributed by atoms with E-state index >= 15 is 0 Å². The number of nitrogens with one attached hydrogen (secondary N) is 1. The summed E-state index contributed by atoms with van der Waals surface area (Å²) in [4.78, 5) is 39.9. The molecule has 0 aromatic carbocycles. The molecule has 7 heteroatoms. The Kier molecular flexibility index (Phi) is 4.86. The Balaban J connectivity index is 1.96. The first-order valence-electron chi connectivity index (χ1n) is 6.84. The number of rotatable bonds is 4. The average Bonchev–Trinajstić information content (AvgIpc) is 2.64. The topological polar surface area (TPSA) is 99.6 Å². The summed E-state index contributed by atoms with van der Waals surface area (Å²) < 4.78 is 0. The molecule has 1 aliphatic rings. The highest BCUT2D eigenvalue weighted by Gasteiger charge is 2.19. The van der Waals surface area contributed by atoms with Gasteiger partial charge in [0.2, 0.25) is 11.8 Å². The first-order chi connectivity index (χ1) is 10.1. The van der Waals surface area contributed by atoms with Gasteiger partial charge in [0.1, 0.15) is 5.82 Å². The Hall–Kier alpha value is -2.44. The van der Waals surface area contributed by atoms with Crippen molar-refractivity contribution in [2.75, 3.05) is 18.4 Å². The van der Waals surface area contributed by atoms with Gasteiger partial charge in [-0.15, -0.1) is 0 Å². The van der Waals surface area contributed by atoms with Crippen LogP contribution >= 0.6 is 0 Å². The summed E-state index contributed by atoms with van der Waals surface area (Å²) >= 11 is 0. The van der Waals surface area contributed by atoms with Crippen molar-refractivity contribution in [3.8, 4) is 0 Å². The molecule has 2 N–H and O–H groups in total. The molecule has 112 valence electrons. The summed E-state index contributed by atoms with van der Waals surface area (Å²) in [5, 5.41) is 11.4. The molecular formula is C14H17N3O4. The molecule has 7 nitrogen and oxygen atoms in total. The second kappa shape index (κ2) is 6.83. The molecule has 1 aliphatic heterocycles. The Morgan fingerprint density at radius 2 is 2.10 bits per heavy atom. The van der Waals surface area contributed by atoms with Gasteiger partial charge in [-0.05, 0) is 25.0 Å². The van der Waals surface area contributed by atoms with Crippen LogP contribution in [0.15, 0.2) is 18.2 Å². The van der Waals surface area contributed by atoms with Crippen molar-refractivity contribution in [1.82, 2.24) is 9.88 Å². The molecule has 1 aromatic heterocycles. The number of nitrogens with zero attached hydrogens (tertiary/aromatic N) is 2. The summed E-state index contributed by atoms with van der Waals surface area (Å²) in [5.41, 5.74) is -0.140. The van der Waals surface area contributed by atoms with Gasteiger partial charge in [0.05, 0.1) is 6.54 Å². The van der Waals surface area contributed by atoms with Gasteiger partial charge in [-0.25, -0.2) is 9.78 Å². The summed E-state index contributed by atoms with van der Waals surface area (Å²) in [6, 6.07) is 4.36. The Morgan fingerprint density at radius 3 is 2.86 bits per heavy atom. The largest absolute Gasteiger partial charge is 0.477 e. The van der Waals surface area contributed by atoms with Crippen LogP contribution in [-0.4, -0.2) is 45.9 Å². The second-order valence-electron chi connectivity index (χ2n) is 4.89. The molecule has 2 rings (SSSR count). The maximum Gasteiger partial charge on any atom is 0.354 e. The van der Waals surface area contributed by atoms with E-state index in [0.29, 0.717) is 13.0 Å². The van der Waals surface area contributed by atoms with Gasteiger partial charge < -0.3 is 15.3 Å². The number of aromatic carboxylic acids is 1.